The Morgan fingerprint density at radius 1 is 1.19 bits per heavy atom. The van der Waals surface area contributed by atoms with Crippen LogP contribution in [0.3, 0.4) is 0 Å². The van der Waals surface area contributed by atoms with Crippen LogP contribution in [-0.2, 0) is 6.42 Å². The Kier molecular flexibility index (Phi) is 4.47. The minimum absolute atomic E-state index is 0.121. The highest BCUT2D eigenvalue weighted by Crippen LogP contribution is 2.25. The Bertz CT molecular complexity index is 366. The Morgan fingerprint density at radius 3 is 2.31 bits per heavy atom. The second kappa shape index (κ2) is 5.25. The molecule has 16 heavy (non-hydrogen) atoms. The quantitative estimate of drug-likeness (QED) is 0.889. The van der Waals surface area contributed by atoms with Gasteiger partial charge >= 0.3 is 6.18 Å². The molecule has 1 aromatic rings. The largest absolute Gasteiger partial charge is 0.390 e. The molecule has 1 unspecified atom stereocenters. The van der Waals surface area contributed by atoms with Gasteiger partial charge in [-0.1, -0.05) is 29.3 Å². The molecule has 1 nitrogen and oxygen atoms in total. The lowest BCUT2D eigenvalue weighted by Gasteiger charge is -2.14. The van der Waals surface area contributed by atoms with Crippen LogP contribution in [-0.4, -0.2) is 12.2 Å². The normalized spacial score (nSPS) is 13.9. The van der Waals surface area contributed by atoms with Gasteiger partial charge in [0.2, 0.25) is 0 Å². The van der Waals surface area contributed by atoms with Crippen LogP contribution in [0.1, 0.15) is 12.0 Å². The van der Waals surface area contributed by atoms with Gasteiger partial charge in [0, 0.05) is 6.04 Å². The molecular formula is C10H10Cl2F3N. The molecule has 2 N–H and O–H groups in total. The number of rotatable bonds is 3. The van der Waals surface area contributed by atoms with Crippen LogP contribution in [0.2, 0.25) is 10.0 Å². The van der Waals surface area contributed by atoms with Crippen LogP contribution in [0, 0.1) is 0 Å². The predicted molar refractivity (Wildman–Crippen MR) is 58.8 cm³/mol. The fourth-order valence-corrected chi connectivity index (χ4v) is 1.66. The van der Waals surface area contributed by atoms with E-state index in [-0.39, 0.29) is 6.42 Å². The van der Waals surface area contributed by atoms with Gasteiger partial charge in [-0.25, -0.2) is 0 Å². The summed E-state index contributed by atoms with van der Waals surface area (Å²) < 4.78 is 36.1. The van der Waals surface area contributed by atoms with Gasteiger partial charge in [0.25, 0.3) is 0 Å². The molecule has 1 rings (SSSR count). The molecule has 0 aliphatic heterocycles. The van der Waals surface area contributed by atoms with Crippen molar-refractivity contribution in [3.05, 3.63) is 33.8 Å². The smallest absolute Gasteiger partial charge is 0.327 e. The molecule has 1 atom stereocenters. The van der Waals surface area contributed by atoms with Gasteiger partial charge < -0.3 is 5.73 Å². The van der Waals surface area contributed by atoms with Crippen molar-refractivity contribution in [2.45, 2.75) is 25.1 Å². The molecular weight excluding hydrogens is 262 g/mol. The maximum atomic E-state index is 12.0. The summed E-state index contributed by atoms with van der Waals surface area (Å²) in [4.78, 5) is 0. The number of hydrogen-bond acceptors (Lipinski definition) is 1. The Labute approximate surface area is 101 Å². The van der Waals surface area contributed by atoms with Crippen LogP contribution in [0.5, 0.6) is 0 Å². The average molecular weight is 272 g/mol. The van der Waals surface area contributed by atoms with E-state index >= 15 is 0 Å². The molecule has 90 valence electrons. The topological polar surface area (TPSA) is 26.0 Å². The fourth-order valence-electron chi connectivity index (χ4n) is 1.34. The molecule has 0 fully saturated rings. The van der Waals surface area contributed by atoms with Crippen LogP contribution < -0.4 is 5.73 Å². The molecule has 0 radical (unpaired) electrons. The summed E-state index contributed by atoms with van der Waals surface area (Å²) in [5, 5.41) is 0.688. The Morgan fingerprint density at radius 2 is 1.81 bits per heavy atom. The van der Waals surface area contributed by atoms with Crippen molar-refractivity contribution in [1.29, 1.82) is 0 Å². The molecule has 0 bridgehead atoms. The first kappa shape index (κ1) is 13.6. The first-order valence-corrected chi connectivity index (χ1v) is 5.30. The number of hydrogen-bond donors (Lipinski definition) is 1. The summed E-state index contributed by atoms with van der Waals surface area (Å²) in [6.45, 7) is 0. The maximum absolute atomic E-state index is 12.0. The average Bonchev–Trinajstić information content (AvgIpc) is 2.08. The third-order valence-electron chi connectivity index (χ3n) is 1.98. The monoisotopic (exact) mass is 271 g/mol. The molecule has 0 saturated carbocycles. The summed E-state index contributed by atoms with van der Waals surface area (Å²) in [6, 6.07) is 3.72. The van der Waals surface area contributed by atoms with Gasteiger partial charge in [-0.05, 0) is 24.1 Å². The van der Waals surface area contributed by atoms with Crippen molar-refractivity contribution in [2.24, 2.45) is 5.73 Å². The standard InChI is InChI=1S/C10H10Cl2F3N/c11-8-2-1-6(4-9(8)12)3-7(16)5-10(13,14)15/h1-2,4,7H,3,5,16H2. The van der Waals surface area contributed by atoms with Gasteiger partial charge in [-0.15, -0.1) is 0 Å². The molecule has 0 aromatic heterocycles. The molecule has 0 heterocycles. The number of halogens is 5. The SMILES string of the molecule is NC(Cc1ccc(Cl)c(Cl)c1)CC(F)(F)F. The van der Waals surface area contributed by atoms with E-state index in [0.717, 1.165) is 0 Å². The van der Waals surface area contributed by atoms with E-state index in [1.165, 1.54) is 6.07 Å². The predicted octanol–water partition coefficient (Wildman–Crippen LogP) is 3.82. The second-order valence-electron chi connectivity index (χ2n) is 3.53. The van der Waals surface area contributed by atoms with Gasteiger partial charge in [0.05, 0.1) is 16.5 Å². The number of nitrogens with two attached hydrogens (primary N) is 1. The van der Waals surface area contributed by atoms with Crippen LogP contribution in [0.15, 0.2) is 18.2 Å². The third-order valence-corrected chi connectivity index (χ3v) is 2.71. The molecule has 0 aliphatic rings. The second-order valence-corrected chi connectivity index (χ2v) is 4.35. The van der Waals surface area contributed by atoms with Crippen molar-refractivity contribution in [3.63, 3.8) is 0 Å². The molecule has 6 heteroatoms. The van der Waals surface area contributed by atoms with Crippen LogP contribution >= 0.6 is 23.2 Å². The van der Waals surface area contributed by atoms with Gasteiger partial charge in [0.1, 0.15) is 0 Å². The zero-order valence-corrected chi connectivity index (χ0v) is 9.70. The lowest BCUT2D eigenvalue weighted by molar-refractivity contribution is -0.138. The fraction of sp³-hybridized carbons (Fsp3) is 0.400. The first-order valence-electron chi connectivity index (χ1n) is 4.54. The van der Waals surface area contributed by atoms with Crippen LogP contribution in [0.25, 0.3) is 0 Å². The zero-order valence-electron chi connectivity index (χ0n) is 8.19. The van der Waals surface area contributed by atoms with Gasteiger partial charge in [-0.2, -0.15) is 13.2 Å². The number of alkyl halides is 3. The van der Waals surface area contributed by atoms with E-state index in [2.05, 4.69) is 0 Å². The first-order chi connectivity index (χ1) is 7.28. The van der Waals surface area contributed by atoms with E-state index in [1.54, 1.807) is 12.1 Å². The van der Waals surface area contributed by atoms with E-state index in [9.17, 15) is 13.2 Å². The lowest BCUT2D eigenvalue weighted by Crippen LogP contribution is -2.29. The van der Waals surface area contributed by atoms with E-state index in [0.29, 0.717) is 15.6 Å². The van der Waals surface area contributed by atoms with Crippen molar-refractivity contribution >= 4 is 23.2 Å². The van der Waals surface area contributed by atoms with Crippen molar-refractivity contribution in [1.82, 2.24) is 0 Å². The highest BCUT2D eigenvalue weighted by atomic mass is 35.5. The third kappa shape index (κ3) is 4.60. The Hall–Kier alpha value is -0.450. The van der Waals surface area contributed by atoms with Crippen molar-refractivity contribution in [3.8, 4) is 0 Å². The molecule has 1 aromatic carbocycles. The zero-order chi connectivity index (χ0) is 12.3. The molecule has 0 saturated heterocycles. The van der Waals surface area contributed by atoms with Crippen molar-refractivity contribution in [2.75, 3.05) is 0 Å². The number of benzene rings is 1. The van der Waals surface area contributed by atoms with Crippen LogP contribution in [0.4, 0.5) is 13.2 Å². The summed E-state index contributed by atoms with van der Waals surface area (Å²) in [5.74, 6) is 0. The minimum atomic E-state index is -4.24. The summed E-state index contributed by atoms with van der Waals surface area (Å²) in [6.07, 6.45) is -5.13. The van der Waals surface area contributed by atoms with Gasteiger partial charge in [0.15, 0.2) is 0 Å². The highest BCUT2D eigenvalue weighted by Gasteiger charge is 2.30. The molecule has 0 aliphatic carbocycles. The Balaban J connectivity index is 2.63. The highest BCUT2D eigenvalue weighted by molar-refractivity contribution is 6.42. The van der Waals surface area contributed by atoms with Gasteiger partial charge in [-0.3, -0.25) is 0 Å². The summed E-state index contributed by atoms with van der Waals surface area (Å²) >= 11 is 11.4. The molecule has 0 spiro atoms. The van der Waals surface area contributed by atoms with E-state index in [4.69, 9.17) is 28.9 Å². The minimum Gasteiger partial charge on any atom is -0.327 e. The van der Waals surface area contributed by atoms with E-state index in [1.807, 2.05) is 0 Å². The summed E-state index contributed by atoms with van der Waals surface area (Å²) in [5.41, 5.74) is 6.03. The van der Waals surface area contributed by atoms with E-state index < -0.39 is 18.6 Å². The summed E-state index contributed by atoms with van der Waals surface area (Å²) in [7, 11) is 0. The maximum Gasteiger partial charge on any atom is 0.390 e. The lowest BCUT2D eigenvalue weighted by atomic mass is 10.0. The van der Waals surface area contributed by atoms with Crippen molar-refractivity contribution < 1.29 is 13.2 Å². The molecule has 0 amide bonds.